The van der Waals surface area contributed by atoms with Crippen molar-refractivity contribution < 1.29 is 8.42 Å². The van der Waals surface area contributed by atoms with Crippen molar-refractivity contribution in [2.45, 2.75) is 4.90 Å². The van der Waals surface area contributed by atoms with Crippen LogP contribution in [-0.2, 0) is 10.0 Å². The van der Waals surface area contributed by atoms with Gasteiger partial charge in [-0.25, -0.2) is 8.42 Å². The van der Waals surface area contributed by atoms with Crippen LogP contribution in [0, 0.1) is 0 Å². The molecule has 4 nitrogen and oxygen atoms in total. The van der Waals surface area contributed by atoms with Crippen molar-refractivity contribution >= 4 is 44.6 Å². The normalized spacial score (nSPS) is 11.3. The summed E-state index contributed by atoms with van der Waals surface area (Å²) in [6.45, 7) is 0. The van der Waals surface area contributed by atoms with E-state index in [2.05, 4.69) is 0 Å². The molecule has 2 aromatic rings. The van der Waals surface area contributed by atoms with Crippen LogP contribution in [0.1, 0.15) is 0 Å². The third kappa shape index (κ3) is 2.85. The van der Waals surface area contributed by atoms with Gasteiger partial charge in [0.15, 0.2) is 0 Å². The number of sulfonamides is 1. The SMILES string of the molecule is CN(c1cccc(N)c1)S(=O)(=O)c1ccc(Cl)c(Cl)c1. The highest BCUT2D eigenvalue weighted by Crippen LogP contribution is 2.28. The summed E-state index contributed by atoms with van der Waals surface area (Å²) < 4.78 is 26.1. The average Bonchev–Trinajstić information content (AvgIpc) is 2.40. The van der Waals surface area contributed by atoms with E-state index in [9.17, 15) is 8.42 Å². The Morgan fingerprint density at radius 1 is 1.05 bits per heavy atom. The summed E-state index contributed by atoms with van der Waals surface area (Å²) in [4.78, 5) is 0.0665. The molecule has 2 aromatic carbocycles. The van der Waals surface area contributed by atoms with Crippen LogP contribution in [-0.4, -0.2) is 15.5 Å². The zero-order valence-corrected chi connectivity index (χ0v) is 12.9. The van der Waals surface area contributed by atoms with Gasteiger partial charge in [-0.2, -0.15) is 0 Å². The molecule has 0 aliphatic rings. The summed E-state index contributed by atoms with van der Waals surface area (Å²) in [6, 6.07) is 10.8. The predicted octanol–water partition coefficient (Wildman–Crippen LogP) is 3.40. The maximum Gasteiger partial charge on any atom is 0.264 e. The van der Waals surface area contributed by atoms with Crippen LogP contribution in [0.25, 0.3) is 0 Å². The first-order valence-electron chi connectivity index (χ1n) is 5.62. The molecule has 106 valence electrons. The predicted molar refractivity (Wildman–Crippen MR) is 82.9 cm³/mol. The molecular weight excluding hydrogens is 319 g/mol. The quantitative estimate of drug-likeness (QED) is 0.877. The third-order valence-corrected chi connectivity index (χ3v) is 5.30. The van der Waals surface area contributed by atoms with E-state index in [1.165, 1.54) is 25.2 Å². The Balaban J connectivity index is 2.46. The molecule has 7 heteroatoms. The van der Waals surface area contributed by atoms with Gasteiger partial charge in [0.2, 0.25) is 0 Å². The van der Waals surface area contributed by atoms with Crippen molar-refractivity contribution in [2.24, 2.45) is 0 Å². The summed E-state index contributed by atoms with van der Waals surface area (Å²) in [6.07, 6.45) is 0. The summed E-state index contributed by atoms with van der Waals surface area (Å²) in [5.74, 6) is 0. The first-order chi connectivity index (χ1) is 9.32. The topological polar surface area (TPSA) is 63.4 Å². The molecule has 0 aliphatic heterocycles. The van der Waals surface area contributed by atoms with Gasteiger partial charge in [-0.1, -0.05) is 29.3 Å². The third-order valence-electron chi connectivity index (χ3n) is 2.78. The lowest BCUT2D eigenvalue weighted by atomic mass is 10.3. The minimum Gasteiger partial charge on any atom is -0.399 e. The van der Waals surface area contributed by atoms with Gasteiger partial charge in [-0.05, 0) is 36.4 Å². The second kappa shape index (κ2) is 5.52. The van der Waals surface area contributed by atoms with E-state index in [4.69, 9.17) is 28.9 Å². The molecule has 0 unspecified atom stereocenters. The summed E-state index contributed by atoms with van der Waals surface area (Å²) >= 11 is 11.7. The van der Waals surface area contributed by atoms with Gasteiger partial charge >= 0.3 is 0 Å². The number of nitrogens with zero attached hydrogens (tertiary/aromatic N) is 1. The first-order valence-corrected chi connectivity index (χ1v) is 7.81. The molecule has 0 aromatic heterocycles. The van der Waals surface area contributed by atoms with E-state index in [-0.39, 0.29) is 9.92 Å². The molecule has 0 bridgehead atoms. The van der Waals surface area contributed by atoms with Crippen LogP contribution < -0.4 is 10.0 Å². The largest absolute Gasteiger partial charge is 0.399 e. The molecule has 0 saturated heterocycles. The lowest BCUT2D eigenvalue weighted by Gasteiger charge is -2.20. The van der Waals surface area contributed by atoms with Crippen LogP contribution in [0.2, 0.25) is 10.0 Å². The van der Waals surface area contributed by atoms with Crippen LogP contribution in [0.5, 0.6) is 0 Å². The molecule has 0 spiro atoms. The zero-order valence-electron chi connectivity index (χ0n) is 10.5. The fraction of sp³-hybridized carbons (Fsp3) is 0.0769. The highest BCUT2D eigenvalue weighted by molar-refractivity contribution is 7.92. The molecule has 0 heterocycles. The number of hydrogen-bond acceptors (Lipinski definition) is 3. The standard InChI is InChI=1S/C13H12Cl2N2O2S/c1-17(10-4-2-3-9(16)7-10)20(18,19)11-5-6-12(14)13(15)8-11/h2-8H,16H2,1H3. The van der Waals surface area contributed by atoms with E-state index in [0.717, 1.165) is 4.31 Å². The molecule has 20 heavy (non-hydrogen) atoms. The van der Waals surface area contributed by atoms with E-state index in [1.807, 2.05) is 0 Å². The maximum atomic E-state index is 12.5. The zero-order chi connectivity index (χ0) is 14.9. The first kappa shape index (κ1) is 15.0. The van der Waals surface area contributed by atoms with Crippen molar-refractivity contribution in [1.29, 1.82) is 0 Å². The lowest BCUT2D eigenvalue weighted by molar-refractivity contribution is 0.594. The Hall–Kier alpha value is -1.43. The van der Waals surface area contributed by atoms with Crippen molar-refractivity contribution in [2.75, 3.05) is 17.1 Å². The molecule has 0 atom stereocenters. The Labute approximate surface area is 127 Å². The van der Waals surface area contributed by atoms with Crippen molar-refractivity contribution in [1.82, 2.24) is 0 Å². The van der Waals surface area contributed by atoms with Crippen molar-refractivity contribution in [3.63, 3.8) is 0 Å². The van der Waals surface area contributed by atoms with Gasteiger partial charge in [0.1, 0.15) is 0 Å². The second-order valence-corrected chi connectivity index (χ2v) is 6.93. The van der Waals surface area contributed by atoms with Gasteiger partial charge in [0.05, 0.1) is 20.6 Å². The Morgan fingerprint density at radius 2 is 1.75 bits per heavy atom. The monoisotopic (exact) mass is 330 g/mol. The smallest absolute Gasteiger partial charge is 0.264 e. The number of anilines is 2. The fourth-order valence-electron chi connectivity index (χ4n) is 1.65. The van der Waals surface area contributed by atoms with Crippen LogP contribution in [0.4, 0.5) is 11.4 Å². The molecule has 0 fully saturated rings. The maximum absolute atomic E-state index is 12.5. The molecule has 0 radical (unpaired) electrons. The molecular formula is C13H12Cl2N2O2S. The van der Waals surface area contributed by atoms with Gasteiger partial charge in [-0.15, -0.1) is 0 Å². The molecule has 2 N–H and O–H groups in total. The van der Waals surface area contributed by atoms with E-state index in [0.29, 0.717) is 16.4 Å². The minimum absolute atomic E-state index is 0.0665. The molecule has 0 amide bonds. The number of halogens is 2. The summed E-state index contributed by atoms with van der Waals surface area (Å²) in [5.41, 5.74) is 6.62. The minimum atomic E-state index is -3.71. The number of hydrogen-bond donors (Lipinski definition) is 1. The van der Waals surface area contributed by atoms with Crippen molar-refractivity contribution in [3.05, 3.63) is 52.5 Å². The highest BCUT2D eigenvalue weighted by atomic mass is 35.5. The molecule has 0 saturated carbocycles. The molecule has 0 aliphatic carbocycles. The van der Waals surface area contributed by atoms with E-state index in [1.54, 1.807) is 24.3 Å². The Kier molecular flexibility index (Phi) is 4.13. The van der Waals surface area contributed by atoms with Crippen LogP contribution in [0.15, 0.2) is 47.4 Å². The van der Waals surface area contributed by atoms with Gasteiger partial charge in [-0.3, -0.25) is 4.31 Å². The second-order valence-electron chi connectivity index (χ2n) is 4.14. The molecule has 2 rings (SSSR count). The van der Waals surface area contributed by atoms with Crippen LogP contribution >= 0.6 is 23.2 Å². The number of nitrogen functional groups attached to an aromatic ring is 1. The van der Waals surface area contributed by atoms with Gasteiger partial charge in [0.25, 0.3) is 10.0 Å². The van der Waals surface area contributed by atoms with Crippen LogP contribution in [0.3, 0.4) is 0 Å². The van der Waals surface area contributed by atoms with E-state index < -0.39 is 10.0 Å². The summed E-state index contributed by atoms with van der Waals surface area (Å²) in [5, 5.41) is 0.492. The fourth-order valence-corrected chi connectivity index (χ4v) is 3.23. The lowest BCUT2D eigenvalue weighted by Crippen LogP contribution is -2.26. The highest BCUT2D eigenvalue weighted by Gasteiger charge is 2.22. The Bertz CT molecular complexity index is 748. The Morgan fingerprint density at radius 3 is 2.35 bits per heavy atom. The number of benzene rings is 2. The number of nitrogens with two attached hydrogens (primary N) is 1. The average molecular weight is 331 g/mol. The van der Waals surface area contributed by atoms with Crippen molar-refractivity contribution in [3.8, 4) is 0 Å². The van der Waals surface area contributed by atoms with Gasteiger partial charge < -0.3 is 5.73 Å². The number of rotatable bonds is 3. The van der Waals surface area contributed by atoms with Gasteiger partial charge in [0, 0.05) is 12.7 Å². The summed E-state index contributed by atoms with van der Waals surface area (Å²) in [7, 11) is -2.26. The van der Waals surface area contributed by atoms with E-state index >= 15 is 0 Å².